The highest BCUT2D eigenvalue weighted by atomic mass is 14.9. The molecule has 1 aliphatic carbocycles. The quantitative estimate of drug-likeness (QED) is 0.829. The van der Waals surface area contributed by atoms with Gasteiger partial charge in [0.1, 0.15) is 0 Å². The summed E-state index contributed by atoms with van der Waals surface area (Å²) >= 11 is 0. The molecule has 0 amide bonds. The van der Waals surface area contributed by atoms with E-state index in [2.05, 4.69) is 50.5 Å². The van der Waals surface area contributed by atoms with Gasteiger partial charge < -0.3 is 5.32 Å². The Hall–Kier alpha value is -0.820. The molecular formula is C18H29N. The van der Waals surface area contributed by atoms with E-state index in [-0.39, 0.29) is 0 Å². The van der Waals surface area contributed by atoms with Crippen molar-refractivity contribution in [1.29, 1.82) is 0 Å². The highest BCUT2D eigenvalue weighted by molar-refractivity contribution is 5.23. The molecule has 1 saturated carbocycles. The van der Waals surface area contributed by atoms with E-state index in [4.69, 9.17) is 0 Å². The van der Waals surface area contributed by atoms with E-state index in [9.17, 15) is 0 Å². The lowest BCUT2D eigenvalue weighted by molar-refractivity contribution is 0.222. The van der Waals surface area contributed by atoms with Crippen molar-refractivity contribution in [2.24, 2.45) is 11.8 Å². The lowest BCUT2D eigenvalue weighted by Gasteiger charge is -2.33. The minimum Gasteiger partial charge on any atom is -0.316 e. The summed E-state index contributed by atoms with van der Waals surface area (Å²) in [6.07, 6.45) is 8.25. The molecule has 1 aliphatic rings. The molecule has 2 rings (SSSR count). The van der Waals surface area contributed by atoms with Gasteiger partial charge >= 0.3 is 0 Å². The van der Waals surface area contributed by atoms with Gasteiger partial charge in [-0.3, -0.25) is 0 Å². The summed E-state index contributed by atoms with van der Waals surface area (Å²) in [5, 5.41) is 3.57. The van der Waals surface area contributed by atoms with Crippen molar-refractivity contribution in [1.82, 2.24) is 5.32 Å². The first-order valence-corrected chi connectivity index (χ1v) is 7.95. The van der Waals surface area contributed by atoms with Crippen molar-refractivity contribution >= 4 is 0 Å². The Morgan fingerprint density at radius 3 is 2.53 bits per heavy atom. The maximum absolute atomic E-state index is 3.57. The third-order valence-corrected chi connectivity index (χ3v) is 4.95. The largest absolute Gasteiger partial charge is 0.316 e. The Labute approximate surface area is 118 Å². The number of hydrogen-bond acceptors (Lipinski definition) is 1. The predicted molar refractivity (Wildman–Crippen MR) is 83.5 cm³/mol. The molecule has 0 aliphatic heterocycles. The van der Waals surface area contributed by atoms with Crippen LogP contribution < -0.4 is 5.32 Å². The normalized spacial score (nSPS) is 25.2. The zero-order valence-electron chi connectivity index (χ0n) is 12.8. The van der Waals surface area contributed by atoms with Crippen LogP contribution in [0.25, 0.3) is 0 Å². The van der Waals surface area contributed by atoms with Gasteiger partial charge in [-0.2, -0.15) is 0 Å². The molecule has 1 atom stereocenters. The molecule has 0 saturated heterocycles. The highest BCUT2D eigenvalue weighted by Gasteiger charge is 2.26. The van der Waals surface area contributed by atoms with Crippen LogP contribution >= 0.6 is 0 Å². The van der Waals surface area contributed by atoms with Crippen LogP contribution in [0, 0.1) is 18.8 Å². The number of nitrogens with one attached hydrogen (secondary N) is 1. The molecule has 1 N–H and O–H groups in total. The van der Waals surface area contributed by atoms with Gasteiger partial charge in [-0.25, -0.2) is 0 Å². The first kappa shape index (κ1) is 14.6. The van der Waals surface area contributed by atoms with Gasteiger partial charge in [0.05, 0.1) is 0 Å². The fraction of sp³-hybridized carbons (Fsp3) is 0.667. The maximum atomic E-state index is 3.57. The molecule has 1 nitrogen and oxygen atoms in total. The van der Waals surface area contributed by atoms with E-state index in [1.54, 1.807) is 0 Å². The smallest absolute Gasteiger partial charge is 0.0133 e. The molecule has 0 bridgehead atoms. The first-order chi connectivity index (χ1) is 9.22. The summed E-state index contributed by atoms with van der Waals surface area (Å²) in [7, 11) is 2.13. The van der Waals surface area contributed by atoms with Gasteiger partial charge in [0.15, 0.2) is 0 Å². The second-order valence-corrected chi connectivity index (χ2v) is 6.28. The Morgan fingerprint density at radius 2 is 1.95 bits per heavy atom. The van der Waals surface area contributed by atoms with Crippen molar-refractivity contribution in [3.8, 4) is 0 Å². The van der Waals surface area contributed by atoms with E-state index >= 15 is 0 Å². The van der Waals surface area contributed by atoms with E-state index < -0.39 is 0 Å². The van der Waals surface area contributed by atoms with Crippen LogP contribution in [0.15, 0.2) is 24.3 Å². The molecule has 0 radical (unpaired) electrons. The zero-order chi connectivity index (χ0) is 13.7. The third-order valence-electron chi connectivity index (χ3n) is 4.95. The number of likely N-dealkylation sites (N-methyl/N-ethyl adjacent to an activating group) is 1. The second kappa shape index (κ2) is 7.09. The second-order valence-electron chi connectivity index (χ2n) is 6.28. The number of benzene rings is 1. The van der Waals surface area contributed by atoms with Crippen molar-refractivity contribution in [2.45, 2.75) is 58.4 Å². The van der Waals surface area contributed by atoms with Crippen LogP contribution in [0.1, 0.15) is 50.2 Å². The highest BCUT2D eigenvalue weighted by Crippen LogP contribution is 2.33. The van der Waals surface area contributed by atoms with Crippen LogP contribution in [-0.2, 0) is 6.42 Å². The Kier molecular flexibility index (Phi) is 5.45. The molecule has 19 heavy (non-hydrogen) atoms. The van der Waals surface area contributed by atoms with Gasteiger partial charge in [-0.15, -0.1) is 0 Å². The van der Waals surface area contributed by atoms with Gasteiger partial charge in [-0.1, -0.05) is 56.0 Å². The maximum Gasteiger partial charge on any atom is 0.0133 e. The molecule has 0 spiro atoms. The van der Waals surface area contributed by atoms with Crippen LogP contribution in [0.4, 0.5) is 0 Å². The minimum atomic E-state index is 0.652. The first-order valence-electron chi connectivity index (χ1n) is 7.95. The topological polar surface area (TPSA) is 12.0 Å². The van der Waals surface area contributed by atoms with Crippen molar-refractivity contribution in [3.05, 3.63) is 35.4 Å². The summed E-state index contributed by atoms with van der Waals surface area (Å²) in [6.45, 7) is 4.53. The average Bonchev–Trinajstić information content (AvgIpc) is 2.45. The Balaban J connectivity index is 1.93. The van der Waals surface area contributed by atoms with Crippen LogP contribution in [0.3, 0.4) is 0 Å². The summed E-state index contributed by atoms with van der Waals surface area (Å²) in [5.41, 5.74) is 2.86. The molecule has 1 aromatic rings. The van der Waals surface area contributed by atoms with Gasteiger partial charge in [0, 0.05) is 6.04 Å². The molecule has 0 heterocycles. The van der Waals surface area contributed by atoms with Crippen molar-refractivity contribution in [2.75, 3.05) is 7.05 Å². The summed E-state index contributed by atoms with van der Waals surface area (Å²) in [6, 6.07) is 9.63. The Morgan fingerprint density at radius 1 is 1.21 bits per heavy atom. The molecule has 0 aromatic heterocycles. The molecular weight excluding hydrogens is 230 g/mol. The Bertz CT molecular complexity index is 377. The monoisotopic (exact) mass is 259 g/mol. The van der Waals surface area contributed by atoms with Crippen LogP contribution in [0.5, 0.6) is 0 Å². The fourth-order valence-corrected chi connectivity index (χ4v) is 3.60. The third kappa shape index (κ3) is 4.07. The summed E-state index contributed by atoms with van der Waals surface area (Å²) in [5.74, 6) is 1.86. The predicted octanol–water partition coefficient (Wildman–Crippen LogP) is 4.34. The van der Waals surface area contributed by atoms with E-state index in [0.29, 0.717) is 6.04 Å². The van der Waals surface area contributed by atoms with Crippen LogP contribution in [-0.4, -0.2) is 13.1 Å². The lowest BCUT2D eigenvalue weighted by Crippen LogP contribution is -2.37. The average molecular weight is 259 g/mol. The van der Waals surface area contributed by atoms with Gasteiger partial charge in [0.25, 0.3) is 0 Å². The fourth-order valence-electron chi connectivity index (χ4n) is 3.60. The number of hydrogen-bond donors (Lipinski definition) is 1. The van der Waals surface area contributed by atoms with E-state index in [1.807, 2.05) is 0 Å². The molecule has 1 fully saturated rings. The van der Waals surface area contributed by atoms with Gasteiger partial charge in [-0.05, 0) is 50.6 Å². The minimum absolute atomic E-state index is 0.652. The standard InChI is InChI=1S/C18H29N/c1-4-15-8-10-17(11-9-15)18(19-3)13-16-7-5-6-14(2)12-16/h5-7,12,15,17-19H,4,8-11,13H2,1-3H3. The summed E-state index contributed by atoms with van der Waals surface area (Å²) in [4.78, 5) is 0. The zero-order valence-corrected chi connectivity index (χ0v) is 12.8. The summed E-state index contributed by atoms with van der Waals surface area (Å²) < 4.78 is 0. The van der Waals surface area contributed by atoms with Crippen molar-refractivity contribution < 1.29 is 0 Å². The molecule has 106 valence electrons. The van der Waals surface area contributed by atoms with E-state index in [1.165, 1.54) is 49.7 Å². The molecule has 1 aromatic carbocycles. The van der Waals surface area contributed by atoms with E-state index in [0.717, 1.165) is 11.8 Å². The SMILES string of the molecule is CCC1CCC(C(Cc2cccc(C)c2)NC)CC1. The van der Waals surface area contributed by atoms with Gasteiger partial charge in [0.2, 0.25) is 0 Å². The number of aryl methyl sites for hydroxylation is 1. The molecule has 1 heteroatoms. The lowest BCUT2D eigenvalue weighted by atomic mass is 9.76. The molecule has 1 unspecified atom stereocenters. The van der Waals surface area contributed by atoms with Crippen LogP contribution in [0.2, 0.25) is 0 Å². The van der Waals surface area contributed by atoms with Crippen molar-refractivity contribution in [3.63, 3.8) is 0 Å². The number of rotatable bonds is 5.